The Hall–Kier alpha value is -2.86. The molecule has 0 bridgehead atoms. The van der Waals surface area contributed by atoms with E-state index in [1.54, 1.807) is 16.7 Å². The number of carbonyl (C=O) groups is 1. The van der Waals surface area contributed by atoms with Gasteiger partial charge in [0, 0.05) is 51.9 Å². The van der Waals surface area contributed by atoms with Crippen LogP contribution < -0.4 is 10.5 Å². The third kappa shape index (κ3) is 4.86. The van der Waals surface area contributed by atoms with E-state index in [0.717, 1.165) is 44.1 Å². The van der Waals surface area contributed by atoms with Gasteiger partial charge in [-0.3, -0.25) is 14.3 Å². The summed E-state index contributed by atoms with van der Waals surface area (Å²) in [4.78, 5) is 27.6. The molecule has 3 rings (SSSR count). The first-order chi connectivity index (χ1) is 13.1. The Morgan fingerprint density at radius 3 is 2.44 bits per heavy atom. The molecule has 1 fully saturated rings. The van der Waals surface area contributed by atoms with E-state index >= 15 is 0 Å². The van der Waals surface area contributed by atoms with E-state index < -0.39 is 0 Å². The van der Waals surface area contributed by atoms with E-state index in [2.05, 4.69) is 26.7 Å². The summed E-state index contributed by atoms with van der Waals surface area (Å²) in [5, 5.41) is 0. The fourth-order valence-electron chi connectivity index (χ4n) is 3.23. The summed E-state index contributed by atoms with van der Waals surface area (Å²) in [5.74, 6) is 0.622. The molecule has 0 saturated carbocycles. The highest BCUT2D eigenvalue weighted by Crippen LogP contribution is 2.16. The normalized spacial score (nSPS) is 15.3. The Morgan fingerprint density at radius 1 is 1.07 bits per heavy atom. The lowest BCUT2D eigenvalue weighted by molar-refractivity contribution is -0.134. The van der Waals surface area contributed by atoms with Crippen LogP contribution in [0.25, 0.3) is 6.08 Å². The number of aromatic nitrogens is 1. The van der Waals surface area contributed by atoms with Crippen molar-refractivity contribution in [3.8, 4) is 0 Å². The van der Waals surface area contributed by atoms with Crippen LogP contribution in [0.2, 0.25) is 0 Å². The van der Waals surface area contributed by atoms with Gasteiger partial charge < -0.3 is 9.64 Å². The van der Waals surface area contributed by atoms with Crippen molar-refractivity contribution in [3.05, 3.63) is 70.0 Å². The third-order valence-electron chi connectivity index (χ3n) is 4.85. The molecule has 0 unspecified atom stereocenters. The van der Waals surface area contributed by atoms with Crippen LogP contribution in [0.4, 0.5) is 5.82 Å². The standard InChI is InChI=1S/C21H25N3O3/c1-22-19(4-3-5-20(22)25)24-14-12-23(13-15-24)16-18-8-6-17(7-9-18)10-11-21(26)27-2/h3-11H,12-16H2,1-2H3/b11-10+. The zero-order valence-electron chi connectivity index (χ0n) is 15.8. The first-order valence-corrected chi connectivity index (χ1v) is 9.05. The van der Waals surface area contributed by atoms with Crippen LogP contribution in [0.1, 0.15) is 11.1 Å². The summed E-state index contributed by atoms with van der Waals surface area (Å²) in [6.45, 7) is 4.59. The molecule has 2 heterocycles. The second kappa shape index (κ2) is 8.68. The molecule has 1 aromatic carbocycles. The van der Waals surface area contributed by atoms with Crippen molar-refractivity contribution < 1.29 is 9.53 Å². The van der Waals surface area contributed by atoms with Crippen molar-refractivity contribution in [2.45, 2.75) is 6.54 Å². The molecule has 2 aromatic rings. The molecule has 0 spiro atoms. The highest BCUT2D eigenvalue weighted by molar-refractivity contribution is 5.86. The second-order valence-electron chi connectivity index (χ2n) is 6.64. The molecule has 0 amide bonds. The minimum atomic E-state index is -0.354. The van der Waals surface area contributed by atoms with Gasteiger partial charge in [0.1, 0.15) is 5.82 Å². The number of rotatable bonds is 5. The maximum atomic E-state index is 11.8. The zero-order chi connectivity index (χ0) is 19.2. The minimum Gasteiger partial charge on any atom is -0.466 e. The van der Waals surface area contributed by atoms with Crippen molar-refractivity contribution in [3.63, 3.8) is 0 Å². The van der Waals surface area contributed by atoms with E-state index in [0.29, 0.717) is 0 Å². The average molecular weight is 367 g/mol. The number of pyridine rings is 1. The molecule has 142 valence electrons. The molecule has 6 nitrogen and oxygen atoms in total. The van der Waals surface area contributed by atoms with E-state index in [1.165, 1.54) is 18.7 Å². The van der Waals surface area contributed by atoms with Crippen LogP contribution in [0, 0.1) is 0 Å². The van der Waals surface area contributed by atoms with Gasteiger partial charge in [-0.05, 0) is 23.3 Å². The number of anilines is 1. The largest absolute Gasteiger partial charge is 0.466 e. The van der Waals surface area contributed by atoms with Crippen LogP contribution in [-0.2, 0) is 23.1 Å². The Balaban J connectivity index is 1.55. The van der Waals surface area contributed by atoms with Crippen molar-refractivity contribution in [2.75, 3.05) is 38.2 Å². The molecule has 0 radical (unpaired) electrons. The smallest absolute Gasteiger partial charge is 0.330 e. The Kier molecular flexibility index (Phi) is 6.08. The van der Waals surface area contributed by atoms with Crippen molar-refractivity contribution in [2.24, 2.45) is 7.05 Å². The number of benzene rings is 1. The van der Waals surface area contributed by atoms with E-state index in [-0.39, 0.29) is 11.5 Å². The van der Waals surface area contributed by atoms with Crippen LogP contribution >= 0.6 is 0 Å². The van der Waals surface area contributed by atoms with Gasteiger partial charge in [0.05, 0.1) is 7.11 Å². The van der Waals surface area contributed by atoms with Gasteiger partial charge in [0.15, 0.2) is 0 Å². The van der Waals surface area contributed by atoms with Gasteiger partial charge in [-0.25, -0.2) is 4.79 Å². The summed E-state index contributed by atoms with van der Waals surface area (Å²) in [6.07, 6.45) is 3.17. The number of methoxy groups -OCH3 is 1. The van der Waals surface area contributed by atoms with Crippen LogP contribution in [0.15, 0.2) is 53.3 Å². The molecule has 1 aliphatic rings. The number of hydrogen-bond donors (Lipinski definition) is 0. The van der Waals surface area contributed by atoms with Crippen molar-refractivity contribution >= 4 is 17.9 Å². The SMILES string of the molecule is COC(=O)/C=C/c1ccc(CN2CCN(c3cccc(=O)n3C)CC2)cc1. The second-order valence-corrected chi connectivity index (χ2v) is 6.64. The van der Waals surface area contributed by atoms with Crippen LogP contribution in [-0.4, -0.2) is 48.7 Å². The molecule has 0 N–H and O–H groups in total. The molecule has 1 aromatic heterocycles. The predicted molar refractivity (Wildman–Crippen MR) is 107 cm³/mol. The van der Waals surface area contributed by atoms with Gasteiger partial charge in [0.2, 0.25) is 0 Å². The fourth-order valence-corrected chi connectivity index (χ4v) is 3.23. The summed E-state index contributed by atoms with van der Waals surface area (Å²) in [7, 11) is 3.19. The fraction of sp³-hybridized carbons (Fsp3) is 0.333. The summed E-state index contributed by atoms with van der Waals surface area (Å²) in [6, 6.07) is 13.6. The summed E-state index contributed by atoms with van der Waals surface area (Å²) >= 11 is 0. The molecule has 6 heteroatoms. The molecule has 1 saturated heterocycles. The van der Waals surface area contributed by atoms with Crippen LogP contribution in [0.5, 0.6) is 0 Å². The van der Waals surface area contributed by atoms with Crippen molar-refractivity contribution in [1.82, 2.24) is 9.47 Å². The van der Waals surface area contributed by atoms with Crippen molar-refractivity contribution in [1.29, 1.82) is 0 Å². The number of nitrogens with zero attached hydrogens (tertiary/aromatic N) is 3. The van der Waals surface area contributed by atoms with E-state index in [1.807, 2.05) is 31.3 Å². The molecule has 0 atom stereocenters. The maximum Gasteiger partial charge on any atom is 0.330 e. The lowest BCUT2D eigenvalue weighted by Gasteiger charge is -2.36. The lowest BCUT2D eigenvalue weighted by atomic mass is 10.1. The minimum absolute atomic E-state index is 0.0243. The molecular formula is C21H25N3O3. The quantitative estimate of drug-likeness (QED) is 0.597. The highest BCUT2D eigenvalue weighted by Gasteiger charge is 2.18. The Morgan fingerprint density at radius 2 is 1.78 bits per heavy atom. The number of ether oxygens (including phenoxy) is 1. The lowest BCUT2D eigenvalue weighted by Crippen LogP contribution is -2.47. The zero-order valence-corrected chi connectivity index (χ0v) is 15.8. The number of carbonyl (C=O) groups excluding carboxylic acids is 1. The summed E-state index contributed by atoms with van der Waals surface area (Å²) in [5.41, 5.74) is 2.24. The van der Waals surface area contributed by atoms with Gasteiger partial charge in [-0.2, -0.15) is 0 Å². The predicted octanol–water partition coefficient (Wildman–Crippen LogP) is 1.89. The summed E-state index contributed by atoms with van der Waals surface area (Å²) < 4.78 is 6.30. The number of hydrogen-bond acceptors (Lipinski definition) is 5. The molecule has 0 aliphatic carbocycles. The third-order valence-corrected chi connectivity index (χ3v) is 4.85. The van der Waals surface area contributed by atoms with E-state index in [4.69, 9.17) is 0 Å². The number of piperazine rings is 1. The first kappa shape index (κ1) is 18.9. The van der Waals surface area contributed by atoms with Gasteiger partial charge in [-0.1, -0.05) is 30.3 Å². The Bertz CT molecular complexity index is 863. The monoisotopic (exact) mass is 367 g/mol. The van der Waals surface area contributed by atoms with Crippen LogP contribution in [0.3, 0.4) is 0 Å². The van der Waals surface area contributed by atoms with E-state index in [9.17, 15) is 9.59 Å². The Labute approximate surface area is 159 Å². The van der Waals surface area contributed by atoms with Gasteiger partial charge in [-0.15, -0.1) is 0 Å². The average Bonchev–Trinajstić information content (AvgIpc) is 2.70. The van der Waals surface area contributed by atoms with Gasteiger partial charge in [0.25, 0.3) is 5.56 Å². The molecule has 27 heavy (non-hydrogen) atoms. The number of esters is 1. The molecule has 1 aliphatic heterocycles. The van der Waals surface area contributed by atoms with Gasteiger partial charge >= 0.3 is 5.97 Å². The maximum absolute atomic E-state index is 11.8. The first-order valence-electron chi connectivity index (χ1n) is 9.05. The highest BCUT2D eigenvalue weighted by atomic mass is 16.5. The molecular weight excluding hydrogens is 342 g/mol. The topological polar surface area (TPSA) is 54.8 Å².